The third kappa shape index (κ3) is 2.65. The molecule has 1 aliphatic rings. The topological polar surface area (TPSA) is 53.1 Å². The third-order valence-electron chi connectivity index (χ3n) is 3.98. The summed E-state index contributed by atoms with van der Waals surface area (Å²) in [6.07, 6.45) is 2.05. The molecule has 0 spiro atoms. The number of rotatable bonds is 3. The van der Waals surface area contributed by atoms with Crippen LogP contribution in [-0.4, -0.2) is 23.8 Å². The molecule has 0 saturated carbocycles. The van der Waals surface area contributed by atoms with Gasteiger partial charge in [-0.25, -0.2) is 0 Å². The zero-order chi connectivity index (χ0) is 13.2. The van der Waals surface area contributed by atoms with E-state index in [1.54, 1.807) is 0 Å². The van der Waals surface area contributed by atoms with Gasteiger partial charge in [0.25, 0.3) is 0 Å². The number of benzene rings is 1. The van der Waals surface area contributed by atoms with E-state index < -0.39 is 0 Å². The summed E-state index contributed by atoms with van der Waals surface area (Å²) in [4.78, 5) is 2.48. The molecule has 1 aromatic carbocycles. The van der Waals surface area contributed by atoms with Gasteiger partial charge in [-0.1, -0.05) is 18.2 Å². The number of nitrogens with two attached hydrogens (primary N) is 1. The van der Waals surface area contributed by atoms with Gasteiger partial charge in [0.15, 0.2) is 0 Å². The lowest BCUT2D eigenvalue weighted by atomic mass is 9.95. The highest BCUT2D eigenvalue weighted by atomic mass is 32.1. The second kappa shape index (κ2) is 5.31. The number of hydrogen-bond donors (Lipinski definition) is 2. The van der Waals surface area contributed by atoms with Crippen molar-refractivity contribution in [3.05, 3.63) is 35.2 Å². The van der Waals surface area contributed by atoms with E-state index in [1.165, 1.54) is 15.6 Å². The minimum absolute atomic E-state index is 0.301. The van der Waals surface area contributed by atoms with Crippen molar-refractivity contribution in [2.75, 3.05) is 13.1 Å². The maximum Gasteiger partial charge on any atom is 0.0937 e. The van der Waals surface area contributed by atoms with Crippen LogP contribution in [0, 0.1) is 11.3 Å². The summed E-state index contributed by atoms with van der Waals surface area (Å²) >= 11 is 1.83. The maximum atomic E-state index is 7.52. The highest BCUT2D eigenvalue weighted by Gasteiger charge is 2.21. The molecule has 1 aliphatic heterocycles. The molecule has 2 aromatic rings. The van der Waals surface area contributed by atoms with Crippen molar-refractivity contribution in [1.29, 1.82) is 5.41 Å². The van der Waals surface area contributed by atoms with Crippen LogP contribution in [0.2, 0.25) is 0 Å². The van der Waals surface area contributed by atoms with E-state index in [-0.39, 0.29) is 0 Å². The molecule has 4 heteroatoms. The third-order valence-corrected chi connectivity index (χ3v) is 4.99. The second-order valence-corrected chi connectivity index (χ2v) is 6.17. The van der Waals surface area contributed by atoms with Gasteiger partial charge in [0.1, 0.15) is 0 Å². The molecule has 3 nitrogen and oxygen atoms in total. The summed E-state index contributed by atoms with van der Waals surface area (Å²) in [6.45, 7) is 3.12. The Labute approximate surface area is 117 Å². The first kappa shape index (κ1) is 12.6. The Morgan fingerprint density at radius 2 is 2.05 bits per heavy atom. The molecule has 3 rings (SSSR count). The van der Waals surface area contributed by atoms with E-state index in [2.05, 4.69) is 34.5 Å². The SMILES string of the molecule is N=C(N)C1CCN(Cc2csc3ccccc23)CC1. The molecule has 0 aliphatic carbocycles. The van der Waals surface area contributed by atoms with Gasteiger partial charge in [-0.15, -0.1) is 11.3 Å². The number of hydrogen-bond acceptors (Lipinski definition) is 3. The summed E-state index contributed by atoms with van der Waals surface area (Å²) in [6, 6.07) is 8.61. The molecule has 1 aromatic heterocycles. The summed E-state index contributed by atoms with van der Waals surface area (Å²) < 4.78 is 1.37. The number of thiophene rings is 1. The van der Waals surface area contributed by atoms with Gasteiger partial charge in [-0.05, 0) is 48.3 Å². The molecule has 100 valence electrons. The van der Waals surface area contributed by atoms with Crippen LogP contribution in [0.1, 0.15) is 18.4 Å². The average Bonchev–Trinajstić information content (AvgIpc) is 2.83. The molecule has 1 fully saturated rings. The molecule has 2 heterocycles. The van der Waals surface area contributed by atoms with Crippen LogP contribution in [0.5, 0.6) is 0 Å². The molecular formula is C15H19N3S. The summed E-state index contributed by atoms with van der Waals surface area (Å²) in [5, 5.41) is 11.2. The fourth-order valence-electron chi connectivity index (χ4n) is 2.80. The second-order valence-electron chi connectivity index (χ2n) is 5.26. The van der Waals surface area contributed by atoms with Gasteiger partial charge in [0.05, 0.1) is 5.84 Å². The lowest BCUT2D eigenvalue weighted by Crippen LogP contribution is -2.37. The molecule has 3 N–H and O–H groups in total. The normalized spacial score (nSPS) is 17.9. The maximum absolute atomic E-state index is 7.52. The minimum Gasteiger partial charge on any atom is -0.387 e. The molecule has 19 heavy (non-hydrogen) atoms. The smallest absolute Gasteiger partial charge is 0.0937 e. The standard InChI is InChI=1S/C15H19N3S/c16-15(17)11-5-7-18(8-6-11)9-12-10-19-14-4-2-1-3-13(12)14/h1-4,10-11H,5-9H2,(H3,16,17). The first-order valence-corrected chi connectivity index (χ1v) is 7.63. The Balaban J connectivity index is 1.68. The van der Waals surface area contributed by atoms with E-state index >= 15 is 0 Å². The quantitative estimate of drug-likeness (QED) is 0.667. The van der Waals surface area contributed by atoms with Crippen molar-refractivity contribution in [2.24, 2.45) is 11.7 Å². The predicted octanol–water partition coefficient (Wildman–Crippen LogP) is 3.05. The monoisotopic (exact) mass is 273 g/mol. The number of likely N-dealkylation sites (tertiary alicyclic amines) is 1. The zero-order valence-electron chi connectivity index (χ0n) is 10.9. The Kier molecular flexibility index (Phi) is 3.53. The fraction of sp³-hybridized carbons (Fsp3) is 0.400. The molecule has 0 amide bonds. The Bertz CT molecular complexity index is 582. The zero-order valence-corrected chi connectivity index (χ0v) is 11.7. The van der Waals surface area contributed by atoms with Gasteiger partial charge in [-0.3, -0.25) is 10.3 Å². The number of fused-ring (bicyclic) bond motifs is 1. The largest absolute Gasteiger partial charge is 0.387 e. The molecule has 1 saturated heterocycles. The first-order chi connectivity index (χ1) is 9.24. The molecule has 0 radical (unpaired) electrons. The van der Waals surface area contributed by atoms with Crippen molar-refractivity contribution >= 4 is 27.3 Å². The van der Waals surface area contributed by atoms with E-state index in [1.807, 2.05) is 11.3 Å². The molecule has 0 bridgehead atoms. The Morgan fingerprint density at radius 3 is 2.79 bits per heavy atom. The number of nitrogens with one attached hydrogen (secondary N) is 1. The van der Waals surface area contributed by atoms with E-state index in [0.29, 0.717) is 11.8 Å². The van der Waals surface area contributed by atoms with Crippen molar-refractivity contribution in [2.45, 2.75) is 19.4 Å². The van der Waals surface area contributed by atoms with Crippen LogP contribution < -0.4 is 5.73 Å². The van der Waals surface area contributed by atoms with Crippen LogP contribution in [0.4, 0.5) is 0 Å². The lowest BCUT2D eigenvalue weighted by Gasteiger charge is -2.31. The van der Waals surface area contributed by atoms with Gasteiger partial charge < -0.3 is 5.73 Å². The Hall–Kier alpha value is -1.39. The highest BCUT2D eigenvalue weighted by molar-refractivity contribution is 7.17. The van der Waals surface area contributed by atoms with E-state index in [4.69, 9.17) is 11.1 Å². The minimum atomic E-state index is 0.301. The first-order valence-electron chi connectivity index (χ1n) is 6.75. The van der Waals surface area contributed by atoms with Gasteiger partial charge in [0.2, 0.25) is 0 Å². The predicted molar refractivity (Wildman–Crippen MR) is 81.7 cm³/mol. The number of piperidine rings is 1. The Morgan fingerprint density at radius 1 is 1.32 bits per heavy atom. The van der Waals surface area contributed by atoms with E-state index in [0.717, 1.165) is 32.5 Å². The van der Waals surface area contributed by atoms with Crippen molar-refractivity contribution in [3.63, 3.8) is 0 Å². The number of amidine groups is 1. The van der Waals surface area contributed by atoms with Gasteiger partial charge in [0, 0.05) is 17.2 Å². The van der Waals surface area contributed by atoms with Crippen molar-refractivity contribution < 1.29 is 0 Å². The molecular weight excluding hydrogens is 254 g/mol. The molecule has 0 atom stereocenters. The van der Waals surface area contributed by atoms with Crippen LogP contribution in [-0.2, 0) is 6.54 Å². The van der Waals surface area contributed by atoms with Crippen molar-refractivity contribution in [3.8, 4) is 0 Å². The van der Waals surface area contributed by atoms with Crippen LogP contribution in [0.25, 0.3) is 10.1 Å². The summed E-state index contributed by atoms with van der Waals surface area (Å²) in [7, 11) is 0. The average molecular weight is 273 g/mol. The van der Waals surface area contributed by atoms with Crippen LogP contribution in [0.3, 0.4) is 0 Å². The van der Waals surface area contributed by atoms with Crippen LogP contribution >= 0.6 is 11.3 Å². The summed E-state index contributed by atoms with van der Waals surface area (Å²) in [5.74, 6) is 0.663. The van der Waals surface area contributed by atoms with E-state index in [9.17, 15) is 0 Å². The van der Waals surface area contributed by atoms with Crippen molar-refractivity contribution in [1.82, 2.24) is 4.90 Å². The lowest BCUT2D eigenvalue weighted by molar-refractivity contribution is 0.202. The van der Waals surface area contributed by atoms with Crippen LogP contribution in [0.15, 0.2) is 29.6 Å². The highest BCUT2D eigenvalue weighted by Crippen LogP contribution is 2.28. The number of nitrogens with zero attached hydrogens (tertiary/aromatic N) is 1. The summed E-state index contributed by atoms with van der Waals surface area (Å²) in [5.41, 5.74) is 7.02. The molecule has 0 unspecified atom stereocenters. The van der Waals surface area contributed by atoms with Gasteiger partial charge >= 0.3 is 0 Å². The van der Waals surface area contributed by atoms with Gasteiger partial charge in [-0.2, -0.15) is 0 Å². The fourth-order valence-corrected chi connectivity index (χ4v) is 3.75.